The van der Waals surface area contributed by atoms with Gasteiger partial charge in [-0.25, -0.2) is 0 Å². The number of carbonyl (C=O) groups excluding carboxylic acids is 2. The van der Waals surface area contributed by atoms with Crippen LogP contribution < -0.4 is 0 Å². The number of phenolic OH excluding ortho intramolecular Hbond substituents is 1. The van der Waals surface area contributed by atoms with E-state index in [0.717, 1.165) is 28.6 Å². The number of benzene rings is 1. The van der Waals surface area contributed by atoms with E-state index in [4.69, 9.17) is 0 Å². The molecule has 0 fully saturated rings. The van der Waals surface area contributed by atoms with Crippen LogP contribution in [0.1, 0.15) is 48.7 Å². The zero-order valence-electron chi connectivity index (χ0n) is 13.8. The smallest absolute Gasteiger partial charge is 0.285 e. The average molecular weight is 321 g/mol. The van der Waals surface area contributed by atoms with Crippen LogP contribution in [0.15, 0.2) is 17.0 Å². The lowest BCUT2D eigenvalue weighted by Crippen LogP contribution is -2.16. The summed E-state index contributed by atoms with van der Waals surface area (Å²) in [5.74, 6) is -0.187. The van der Waals surface area contributed by atoms with E-state index in [1.807, 2.05) is 26.0 Å². The third-order valence-corrected chi connectivity index (χ3v) is 4.38. The highest BCUT2D eigenvalue weighted by Gasteiger charge is 2.21. The van der Waals surface area contributed by atoms with Crippen molar-refractivity contribution in [1.82, 2.24) is 4.90 Å². The lowest BCUT2D eigenvalue weighted by atomic mass is 9.98. The van der Waals surface area contributed by atoms with Gasteiger partial charge in [-0.3, -0.25) is 9.59 Å². The molecule has 0 saturated heterocycles. The summed E-state index contributed by atoms with van der Waals surface area (Å²) in [4.78, 5) is 26.0. The first-order valence-electron chi connectivity index (χ1n) is 7.25. The molecule has 5 heteroatoms. The molecule has 1 N–H and O–H groups in total. The predicted molar refractivity (Wildman–Crippen MR) is 91.8 cm³/mol. The van der Waals surface area contributed by atoms with Crippen LogP contribution in [-0.2, 0) is 6.42 Å². The number of Topliss-reactive ketones (excluding diaryl/α,β-unsaturated/α-hetero) is 1. The molecule has 1 amide bonds. The Bertz CT molecular complexity index is 606. The van der Waals surface area contributed by atoms with Crippen molar-refractivity contribution in [2.24, 2.45) is 0 Å². The normalized spacial score (nSPS) is 11.0. The number of hydrogen-bond acceptors (Lipinski definition) is 4. The summed E-state index contributed by atoms with van der Waals surface area (Å²) >= 11 is 1.08. The molecule has 120 valence electrons. The van der Waals surface area contributed by atoms with Gasteiger partial charge in [0.2, 0.25) is 0 Å². The van der Waals surface area contributed by atoms with Crippen molar-refractivity contribution in [2.75, 3.05) is 14.1 Å². The second kappa shape index (κ2) is 8.03. The number of hydrogen-bond donors (Lipinski definition) is 1. The number of thioether (sulfide) groups is 1. The number of ketones is 1. The van der Waals surface area contributed by atoms with Gasteiger partial charge in [0.15, 0.2) is 5.78 Å². The Balaban J connectivity index is 3.57. The Kier molecular flexibility index (Phi) is 6.68. The Morgan fingerprint density at radius 1 is 1.36 bits per heavy atom. The Morgan fingerprint density at radius 2 is 2.00 bits per heavy atom. The molecule has 0 aromatic heterocycles. The first-order chi connectivity index (χ1) is 10.3. The number of carbonyl (C=O) groups is 2. The zero-order chi connectivity index (χ0) is 16.9. The van der Waals surface area contributed by atoms with Gasteiger partial charge in [0, 0.05) is 24.6 Å². The van der Waals surface area contributed by atoms with Crippen LogP contribution in [0.25, 0.3) is 6.08 Å². The summed E-state index contributed by atoms with van der Waals surface area (Å²) in [5.41, 5.74) is 1.76. The summed E-state index contributed by atoms with van der Waals surface area (Å²) < 4.78 is 0. The molecule has 0 aliphatic rings. The molecule has 1 aromatic rings. The summed E-state index contributed by atoms with van der Waals surface area (Å²) in [7, 11) is 3.38. The van der Waals surface area contributed by atoms with Gasteiger partial charge in [-0.2, -0.15) is 0 Å². The van der Waals surface area contributed by atoms with Crippen LogP contribution in [0.4, 0.5) is 4.79 Å². The second-order valence-electron chi connectivity index (χ2n) is 5.24. The van der Waals surface area contributed by atoms with Gasteiger partial charge < -0.3 is 10.0 Å². The molecule has 22 heavy (non-hydrogen) atoms. The van der Waals surface area contributed by atoms with Crippen molar-refractivity contribution in [1.29, 1.82) is 0 Å². The van der Waals surface area contributed by atoms with Crippen molar-refractivity contribution in [3.05, 3.63) is 28.8 Å². The van der Waals surface area contributed by atoms with E-state index < -0.39 is 0 Å². The topological polar surface area (TPSA) is 57.6 Å². The molecule has 0 saturated carbocycles. The Labute approximate surface area is 136 Å². The average Bonchev–Trinajstić information content (AvgIpc) is 2.44. The molecule has 1 aromatic carbocycles. The highest BCUT2D eigenvalue weighted by Crippen LogP contribution is 2.38. The van der Waals surface area contributed by atoms with Gasteiger partial charge in [0.1, 0.15) is 5.75 Å². The van der Waals surface area contributed by atoms with E-state index in [1.54, 1.807) is 20.2 Å². The molecule has 0 bridgehead atoms. The fraction of sp³-hybridized carbons (Fsp3) is 0.412. The minimum Gasteiger partial charge on any atom is -0.507 e. The number of phenols is 1. The number of allylic oxidation sites excluding steroid dienone is 1. The number of rotatable bonds is 5. The van der Waals surface area contributed by atoms with Gasteiger partial charge in [-0.1, -0.05) is 25.5 Å². The molecule has 0 atom stereocenters. The van der Waals surface area contributed by atoms with E-state index in [1.165, 1.54) is 11.8 Å². The summed E-state index contributed by atoms with van der Waals surface area (Å²) in [6.45, 7) is 5.31. The number of nitrogens with zero attached hydrogens (tertiary/aromatic N) is 1. The number of amides is 1. The maximum absolute atomic E-state index is 12.1. The van der Waals surface area contributed by atoms with Gasteiger partial charge in [0.05, 0.1) is 5.56 Å². The van der Waals surface area contributed by atoms with E-state index in [9.17, 15) is 14.7 Å². The zero-order valence-corrected chi connectivity index (χ0v) is 14.6. The molecule has 0 unspecified atom stereocenters. The van der Waals surface area contributed by atoms with E-state index in [2.05, 4.69) is 0 Å². The molecular weight excluding hydrogens is 298 g/mol. The quantitative estimate of drug-likeness (QED) is 0.647. The predicted octanol–water partition coefficient (Wildman–Crippen LogP) is 4.35. The Hall–Kier alpha value is -1.75. The lowest BCUT2D eigenvalue weighted by molar-refractivity contribution is 0.101. The van der Waals surface area contributed by atoms with E-state index in [0.29, 0.717) is 17.5 Å². The lowest BCUT2D eigenvalue weighted by Gasteiger charge is -2.17. The van der Waals surface area contributed by atoms with Gasteiger partial charge in [-0.05, 0) is 43.7 Å². The largest absolute Gasteiger partial charge is 0.507 e. The first-order valence-corrected chi connectivity index (χ1v) is 8.06. The first kappa shape index (κ1) is 18.3. The molecule has 4 nitrogen and oxygen atoms in total. The van der Waals surface area contributed by atoms with Gasteiger partial charge in [0.25, 0.3) is 5.24 Å². The fourth-order valence-corrected chi connectivity index (χ4v) is 3.01. The Morgan fingerprint density at radius 3 is 2.45 bits per heavy atom. The van der Waals surface area contributed by atoms with Crippen molar-refractivity contribution in [3.63, 3.8) is 0 Å². The molecule has 0 spiro atoms. The monoisotopic (exact) mass is 321 g/mol. The van der Waals surface area contributed by atoms with Crippen molar-refractivity contribution in [3.8, 4) is 5.75 Å². The molecule has 0 radical (unpaired) electrons. The summed E-state index contributed by atoms with van der Waals surface area (Å²) in [6, 6.07) is 1.65. The third kappa shape index (κ3) is 4.13. The van der Waals surface area contributed by atoms with Crippen LogP contribution in [0.3, 0.4) is 0 Å². The van der Waals surface area contributed by atoms with Crippen molar-refractivity contribution < 1.29 is 14.7 Å². The third-order valence-electron chi connectivity index (χ3n) is 3.16. The standard InChI is InChI=1S/C17H23NO3S/c1-6-8-12-10-14(11(3)19)15(20)13(9-7-2)16(12)22-17(21)18(4)5/h6,8,10,20H,7,9H2,1-5H3. The molecule has 0 heterocycles. The van der Waals surface area contributed by atoms with Crippen LogP contribution in [0, 0.1) is 0 Å². The van der Waals surface area contributed by atoms with Crippen LogP contribution in [0.2, 0.25) is 0 Å². The second-order valence-corrected chi connectivity index (χ2v) is 6.20. The van der Waals surface area contributed by atoms with E-state index >= 15 is 0 Å². The highest BCUT2D eigenvalue weighted by molar-refractivity contribution is 8.13. The maximum Gasteiger partial charge on any atom is 0.285 e. The van der Waals surface area contributed by atoms with Crippen molar-refractivity contribution >= 4 is 28.9 Å². The van der Waals surface area contributed by atoms with Crippen LogP contribution >= 0.6 is 11.8 Å². The SMILES string of the molecule is CC=Cc1cc(C(C)=O)c(O)c(CCC)c1SC(=O)N(C)C. The van der Waals surface area contributed by atoms with E-state index in [-0.39, 0.29) is 16.8 Å². The summed E-state index contributed by atoms with van der Waals surface area (Å²) in [6.07, 6.45) is 5.14. The van der Waals surface area contributed by atoms with Crippen LogP contribution in [0.5, 0.6) is 5.75 Å². The molecule has 0 aliphatic heterocycles. The highest BCUT2D eigenvalue weighted by atomic mass is 32.2. The molecule has 1 rings (SSSR count). The fourth-order valence-electron chi connectivity index (χ4n) is 2.09. The van der Waals surface area contributed by atoms with Gasteiger partial charge in [-0.15, -0.1) is 0 Å². The molecular formula is C17H23NO3S. The minimum absolute atomic E-state index is 0.00309. The van der Waals surface area contributed by atoms with Crippen LogP contribution in [-0.4, -0.2) is 35.1 Å². The van der Waals surface area contributed by atoms with Crippen molar-refractivity contribution in [2.45, 2.75) is 38.5 Å². The number of aromatic hydroxyl groups is 1. The van der Waals surface area contributed by atoms with Gasteiger partial charge >= 0.3 is 0 Å². The maximum atomic E-state index is 12.1. The summed E-state index contributed by atoms with van der Waals surface area (Å²) in [5, 5.41) is 10.3. The molecule has 0 aliphatic carbocycles. The minimum atomic E-state index is -0.184.